The first kappa shape index (κ1) is 14.3. The van der Waals surface area contributed by atoms with Gasteiger partial charge in [-0.3, -0.25) is 5.32 Å². The number of thioether (sulfide) groups is 1. The Balaban J connectivity index is 2.01. The Morgan fingerprint density at radius 1 is 1.53 bits per heavy atom. The molecule has 0 amide bonds. The minimum Gasteiger partial charge on any atom is -0.300 e. The van der Waals surface area contributed by atoms with Crippen LogP contribution in [0.15, 0.2) is 17.6 Å². The summed E-state index contributed by atoms with van der Waals surface area (Å²) in [5.74, 6) is 0. The molecule has 5 heteroatoms. The molecular weight excluding hydrogens is 256 g/mol. The van der Waals surface area contributed by atoms with E-state index in [1.165, 1.54) is 0 Å². The third-order valence-electron chi connectivity index (χ3n) is 3.46. The lowest BCUT2D eigenvalue weighted by Gasteiger charge is -2.35. The lowest BCUT2D eigenvalue weighted by atomic mass is 9.82. The lowest BCUT2D eigenvalue weighted by molar-refractivity contribution is 0.309. The highest BCUT2D eigenvalue weighted by atomic mass is 32.2. The van der Waals surface area contributed by atoms with Gasteiger partial charge in [0, 0.05) is 17.6 Å². The van der Waals surface area contributed by atoms with Gasteiger partial charge in [-0.1, -0.05) is 18.7 Å². The lowest BCUT2D eigenvalue weighted by Crippen LogP contribution is -2.48. The molecule has 1 heterocycles. The van der Waals surface area contributed by atoms with E-state index in [0.717, 1.165) is 42.9 Å². The van der Waals surface area contributed by atoms with Crippen LogP contribution >= 0.6 is 11.8 Å². The molecule has 1 aliphatic rings. The van der Waals surface area contributed by atoms with Crippen molar-refractivity contribution >= 4 is 11.8 Å². The monoisotopic (exact) mass is 276 g/mol. The van der Waals surface area contributed by atoms with E-state index in [4.69, 9.17) is 0 Å². The molecule has 2 unspecified atom stereocenters. The summed E-state index contributed by atoms with van der Waals surface area (Å²) in [5.41, 5.74) is 0.724. The highest BCUT2D eigenvalue weighted by Crippen LogP contribution is 2.36. The van der Waals surface area contributed by atoms with Gasteiger partial charge in [-0.2, -0.15) is 5.26 Å². The second-order valence-electron chi connectivity index (χ2n) is 5.10. The fraction of sp³-hybridized carbons (Fsp3) is 0.643. The molecule has 1 fully saturated rings. The summed E-state index contributed by atoms with van der Waals surface area (Å²) in [6, 6.07) is 2.48. The van der Waals surface area contributed by atoms with Gasteiger partial charge in [0.1, 0.15) is 5.54 Å². The molecule has 2 rings (SSSR count). The standard InChI is InChI=1S/C14H20N4S/c1-3-18-14(10-15)6-4-5-12(7-14)19-13-16-8-11(2)9-17-13/h8-9,12,18H,3-7H2,1-2H3. The van der Waals surface area contributed by atoms with E-state index in [2.05, 4.69) is 28.3 Å². The van der Waals surface area contributed by atoms with Crippen LogP contribution in [0.25, 0.3) is 0 Å². The fourth-order valence-electron chi connectivity index (χ4n) is 2.56. The SMILES string of the molecule is CCNC1(C#N)CCCC(Sc2ncc(C)cn2)C1. The smallest absolute Gasteiger partial charge is 0.187 e. The van der Waals surface area contributed by atoms with E-state index in [0.29, 0.717) is 5.25 Å². The summed E-state index contributed by atoms with van der Waals surface area (Å²) in [6.45, 7) is 4.88. The van der Waals surface area contributed by atoms with Crippen LogP contribution in [-0.2, 0) is 0 Å². The van der Waals surface area contributed by atoms with Crippen molar-refractivity contribution < 1.29 is 0 Å². The summed E-state index contributed by atoms with van der Waals surface area (Å²) in [4.78, 5) is 8.68. The van der Waals surface area contributed by atoms with E-state index < -0.39 is 0 Å². The molecule has 19 heavy (non-hydrogen) atoms. The third kappa shape index (κ3) is 3.68. The van der Waals surface area contributed by atoms with Crippen LogP contribution in [0.3, 0.4) is 0 Å². The Kier molecular flexibility index (Phi) is 4.78. The maximum atomic E-state index is 9.44. The second kappa shape index (κ2) is 6.36. The van der Waals surface area contributed by atoms with Crippen molar-refractivity contribution in [3.05, 3.63) is 18.0 Å². The number of aromatic nitrogens is 2. The van der Waals surface area contributed by atoms with Gasteiger partial charge in [0.15, 0.2) is 5.16 Å². The van der Waals surface area contributed by atoms with Gasteiger partial charge < -0.3 is 0 Å². The van der Waals surface area contributed by atoms with Crippen molar-refractivity contribution in [2.75, 3.05) is 6.54 Å². The summed E-state index contributed by atoms with van der Waals surface area (Å²) in [7, 11) is 0. The number of nitriles is 1. The molecule has 1 saturated carbocycles. The van der Waals surface area contributed by atoms with Gasteiger partial charge in [0.25, 0.3) is 0 Å². The molecule has 1 aliphatic carbocycles. The zero-order chi connectivity index (χ0) is 13.7. The molecule has 1 N–H and O–H groups in total. The van der Waals surface area contributed by atoms with Crippen LogP contribution in [-0.4, -0.2) is 27.3 Å². The first-order chi connectivity index (χ1) is 9.17. The van der Waals surface area contributed by atoms with Crippen molar-refractivity contribution in [3.8, 4) is 6.07 Å². The largest absolute Gasteiger partial charge is 0.300 e. The Bertz CT molecular complexity index is 450. The maximum Gasteiger partial charge on any atom is 0.187 e. The van der Waals surface area contributed by atoms with Crippen LogP contribution in [0, 0.1) is 18.3 Å². The number of aryl methyl sites for hydroxylation is 1. The maximum absolute atomic E-state index is 9.44. The Morgan fingerprint density at radius 2 is 2.26 bits per heavy atom. The molecule has 1 aromatic rings. The van der Waals surface area contributed by atoms with E-state index >= 15 is 0 Å². The summed E-state index contributed by atoms with van der Waals surface area (Å²) >= 11 is 1.70. The highest BCUT2D eigenvalue weighted by molar-refractivity contribution is 7.99. The Hall–Kier alpha value is -1.12. The summed E-state index contributed by atoms with van der Waals surface area (Å²) in [5, 5.41) is 14.0. The van der Waals surface area contributed by atoms with Crippen molar-refractivity contribution in [1.29, 1.82) is 5.26 Å². The minimum atomic E-state index is -0.352. The molecule has 1 aromatic heterocycles. The Labute approximate surface area is 119 Å². The van der Waals surface area contributed by atoms with Crippen molar-refractivity contribution in [2.24, 2.45) is 0 Å². The third-order valence-corrected chi connectivity index (χ3v) is 4.62. The predicted molar refractivity (Wildman–Crippen MR) is 76.9 cm³/mol. The molecule has 0 aromatic carbocycles. The van der Waals surface area contributed by atoms with Crippen LogP contribution < -0.4 is 5.32 Å². The number of hydrogen-bond acceptors (Lipinski definition) is 5. The van der Waals surface area contributed by atoms with Crippen LogP contribution in [0.2, 0.25) is 0 Å². The second-order valence-corrected chi connectivity index (χ2v) is 6.37. The number of nitrogens with one attached hydrogen (secondary N) is 1. The number of nitrogens with zero attached hydrogens (tertiary/aromatic N) is 3. The Morgan fingerprint density at radius 3 is 2.89 bits per heavy atom. The highest BCUT2D eigenvalue weighted by Gasteiger charge is 2.36. The van der Waals surface area contributed by atoms with Gasteiger partial charge >= 0.3 is 0 Å². The summed E-state index contributed by atoms with van der Waals surface area (Å²) < 4.78 is 0. The molecule has 2 atom stereocenters. The fourth-order valence-corrected chi connectivity index (χ4v) is 3.73. The van der Waals surface area contributed by atoms with Crippen LogP contribution in [0.5, 0.6) is 0 Å². The van der Waals surface area contributed by atoms with Crippen molar-refractivity contribution in [2.45, 2.75) is 55.5 Å². The summed E-state index contributed by atoms with van der Waals surface area (Å²) in [6.07, 6.45) is 7.74. The van der Waals surface area contributed by atoms with Gasteiger partial charge in [-0.15, -0.1) is 0 Å². The average Bonchev–Trinajstić information content (AvgIpc) is 2.42. The van der Waals surface area contributed by atoms with Gasteiger partial charge in [0.2, 0.25) is 0 Å². The van der Waals surface area contributed by atoms with Crippen LogP contribution in [0.1, 0.15) is 38.2 Å². The van der Waals surface area contributed by atoms with Crippen molar-refractivity contribution in [3.63, 3.8) is 0 Å². The van der Waals surface area contributed by atoms with Gasteiger partial charge in [-0.25, -0.2) is 9.97 Å². The molecule has 4 nitrogen and oxygen atoms in total. The molecule has 0 bridgehead atoms. The topological polar surface area (TPSA) is 61.6 Å². The zero-order valence-electron chi connectivity index (χ0n) is 11.5. The zero-order valence-corrected chi connectivity index (χ0v) is 12.3. The molecule has 0 radical (unpaired) electrons. The molecule has 102 valence electrons. The van der Waals surface area contributed by atoms with E-state index in [1.807, 2.05) is 19.3 Å². The normalized spacial score (nSPS) is 26.9. The van der Waals surface area contributed by atoms with E-state index in [9.17, 15) is 5.26 Å². The first-order valence-electron chi connectivity index (χ1n) is 6.79. The molecule has 0 saturated heterocycles. The number of hydrogen-bond donors (Lipinski definition) is 1. The number of rotatable bonds is 4. The quantitative estimate of drug-likeness (QED) is 0.857. The molecular formula is C14H20N4S. The first-order valence-corrected chi connectivity index (χ1v) is 7.67. The molecule has 0 spiro atoms. The predicted octanol–water partition coefficient (Wildman–Crippen LogP) is 2.69. The van der Waals surface area contributed by atoms with Crippen molar-refractivity contribution in [1.82, 2.24) is 15.3 Å². The van der Waals surface area contributed by atoms with Gasteiger partial charge in [0.05, 0.1) is 6.07 Å². The minimum absolute atomic E-state index is 0.352. The average molecular weight is 276 g/mol. The van der Waals surface area contributed by atoms with E-state index in [-0.39, 0.29) is 5.54 Å². The van der Waals surface area contributed by atoms with Gasteiger partial charge in [-0.05, 0) is 44.7 Å². The van der Waals surface area contributed by atoms with E-state index in [1.54, 1.807) is 11.8 Å². The molecule has 0 aliphatic heterocycles. The van der Waals surface area contributed by atoms with Crippen LogP contribution in [0.4, 0.5) is 0 Å².